The fourth-order valence-corrected chi connectivity index (χ4v) is 3.44. The number of nitrogens with one attached hydrogen (secondary N) is 1. The maximum Gasteiger partial charge on any atom is 0.244 e. The van der Waals surface area contributed by atoms with Crippen molar-refractivity contribution in [2.24, 2.45) is 0 Å². The van der Waals surface area contributed by atoms with Crippen LogP contribution in [0.1, 0.15) is 31.7 Å². The smallest absolute Gasteiger partial charge is 0.244 e. The molecule has 1 saturated carbocycles. The Hall–Kier alpha value is -1.07. The van der Waals surface area contributed by atoms with Crippen LogP contribution in [0.2, 0.25) is 0 Å². The van der Waals surface area contributed by atoms with Crippen LogP contribution >= 0.6 is 0 Å². The number of hydrogen-bond donors (Lipinski definition) is 1. The minimum absolute atomic E-state index is 0.0880. The van der Waals surface area contributed by atoms with Crippen molar-refractivity contribution in [2.45, 2.75) is 44.0 Å². The summed E-state index contributed by atoms with van der Waals surface area (Å²) >= 11 is 0. The van der Waals surface area contributed by atoms with E-state index < -0.39 is 10.0 Å². The predicted octanol–water partition coefficient (Wildman–Crippen LogP) is 2.22. The van der Waals surface area contributed by atoms with Crippen molar-refractivity contribution in [1.29, 1.82) is 0 Å². The van der Waals surface area contributed by atoms with E-state index in [0.717, 1.165) is 24.8 Å². The van der Waals surface area contributed by atoms with Gasteiger partial charge < -0.3 is 4.74 Å². The van der Waals surface area contributed by atoms with Gasteiger partial charge in [-0.3, -0.25) is 0 Å². The Kier molecular flexibility index (Phi) is 3.92. The second-order valence-electron chi connectivity index (χ2n) is 4.63. The summed E-state index contributed by atoms with van der Waals surface area (Å²) in [5.74, 6) is 0.426. The summed E-state index contributed by atoms with van der Waals surface area (Å²) in [7, 11) is -3.47. The Balaban J connectivity index is 2.31. The maximum atomic E-state index is 12.3. The van der Waals surface area contributed by atoms with Crippen molar-refractivity contribution in [3.8, 4) is 5.75 Å². The van der Waals surface area contributed by atoms with Gasteiger partial charge in [0.25, 0.3) is 0 Å². The van der Waals surface area contributed by atoms with Crippen LogP contribution in [0.3, 0.4) is 0 Å². The van der Waals surface area contributed by atoms with Crippen molar-refractivity contribution >= 4 is 10.0 Å². The summed E-state index contributed by atoms with van der Waals surface area (Å²) in [6.07, 6.45) is 2.95. The molecule has 0 heterocycles. The molecule has 100 valence electrons. The van der Waals surface area contributed by atoms with E-state index in [-0.39, 0.29) is 10.9 Å². The molecule has 0 bridgehead atoms. The van der Waals surface area contributed by atoms with Crippen LogP contribution in [0.25, 0.3) is 0 Å². The standard InChI is InChI=1S/C13H19NO3S/c1-3-17-12-8-7-10(2)9-13(12)18(15,16)14-11-5-4-6-11/h7-9,11,14H,3-6H2,1-2H3. The van der Waals surface area contributed by atoms with E-state index >= 15 is 0 Å². The third-order valence-corrected chi connectivity index (χ3v) is 4.66. The number of ether oxygens (including phenoxy) is 1. The first kappa shape index (κ1) is 13.4. The molecule has 0 aliphatic heterocycles. The van der Waals surface area contributed by atoms with Crippen LogP contribution in [-0.2, 0) is 10.0 Å². The largest absolute Gasteiger partial charge is 0.492 e. The van der Waals surface area contributed by atoms with Gasteiger partial charge in [0.1, 0.15) is 10.6 Å². The van der Waals surface area contributed by atoms with Crippen molar-refractivity contribution in [3.63, 3.8) is 0 Å². The molecule has 0 amide bonds. The predicted molar refractivity (Wildman–Crippen MR) is 70.3 cm³/mol. The SMILES string of the molecule is CCOc1ccc(C)cc1S(=O)(=O)NC1CCC1. The molecule has 1 aliphatic carbocycles. The van der Waals surface area contributed by atoms with E-state index in [1.54, 1.807) is 12.1 Å². The second kappa shape index (κ2) is 5.28. The number of benzene rings is 1. The zero-order chi connectivity index (χ0) is 13.2. The zero-order valence-corrected chi connectivity index (χ0v) is 11.6. The van der Waals surface area contributed by atoms with Gasteiger partial charge in [0, 0.05) is 6.04 Å². The normalized spacial score (nSPS) is 16.3. The minimum Gasteiger partial charge on any atom is -0.492 e. The zero-order valence-electron chi connectivity index (χ0n) is 10.8. The van der Waals surface area contributed by atoms with Gasteiger partial charge in [-0.05, 0) is 44.4 Å². The molecular formula is C13H19NO3S. The van der Waals surface area contributed by atoms with E-state index in [9.17, 15) is 8.42 Å². The summed E-state index contributed by atoms with van der Waals surface area (Å²) in [5.41, 5.74) is 0.910. The van der Waals surface area contributed by atoms with Gasteiger partial charge in [-0.25, -0.2) is 13.1 Å². The van der Waals surface area contributed by atoms with E-state index in [4.69, 9.17) is 4.74 Å². The first-order valence-corrected chi connectivity index (χ1v) is 7.77. The van der Waals surface area contributed by atoms with Crippen LogP contribution in [0.5, 0.6) is 5.75 Å². The molecule has 0 saturated heterocycles. The van der Waals surface area contributed by atoms with Crippen LogP contribution in [0, 0.1) is 6.92 Å². The third kappa shape index (κ3) is 2.84. The molecule has 1 aliphatic rings. The molecule has 4 nitrogen and oxygen atoms in total. The highest BCUT2D eigenvalue weighted by atomic mass is 32.2. The summed E-state index contributed by atoms with van der Waals surface area (Å²) in [6, 6.07) is 5.32. The van der Waals surface area contributed by atoms with Gasteiger partial charge in [-0.2, -0.15) is 0 Å². The van der Waals surface area contributed by atoms with Gasteiger partial charge in [-0.1, -0.05) is 12.5 Å². The Bertz CT molecular complexity index is 521. The first-order valence-electron chi connectivity index (χ1n) is 6.28. The molecule has 0 aromatic heterocycles. The van der Waals surface area contributed by atoms with E-state index in [1.165, 1.54) is 0 Å². The third-order valence-electron chi connectivity index (χ3n) is 3.12. The highest BCUT2D eigenvalue weighted by Crippen LogP contribution is 2.27. The van der Waals surface area contributed by atoms with E-state index in [1.807, 2.05) is 19.9 Å². The minimum atomic E-state index is -3.47. The lowest BCUT2D eigenvalue weighted by Crippen LogP contribution is -2.39. The van der Waals surface area contributed by atoms with Crippen LogP contribution in [-0.4, -0.2) is 21.1 Å². The molecular weight excluding hydrogens is 250 g/mol. The highest BCUT2D eigenvalue weighted by Gasteiger charge is 2.27. The van der Waals surface area contributed by atoms with Crippen molar-refractivity contribution in [2.75, 3.05) is 6.61 Å². The van der Waals surface area contributed by atoms with Gasteiger partial charge in [0.15, 0.2) is 0 Å². The molecule has 18 heavy (non-hydrogen) atoms. The monoisotopic (exact) mass is 269 g/mol. The average molecular weight is 269 g/mol. The number of rotatable bonds is 5. The lowest BCUT2D eigenvalue weighted by Gasteiger charge is -2.26. The van der Waals surface area contributed by atoms with Gasteiger partial charge in [0.05, 0.1) is 6.61 Å². The molecule has 0 radical (unpaired) electrons. The molecule has 0 spiro atoms. The molecule has 2 rings (SSSR count). The van der Waals surface area contributed by atoms with E-state index in [0.29, 0.717) is 12.4 Å². The Morgan fingerprint density at radius 1 is 1.39 bits per heavy atom. The van der Waals surface area contributed by atoms with Gasteiger partial charge >= 0.3 is 0 Å². The number of aryl methyl sites for hydroxylation is 1. The lowest BCUT2D eigenvalue weighted by molar-refractivity contribution is 0.330. The van der Waals surface area contributed by atoms with Gasteiger partial charge in [0.2, 0.25) is 10.0 Å². The topological polar surface area (TPSA) is 55.4 Å². The fourth-order valence-electron chi connectivity index (χ4n) is 1.91. The van der Waals surface area contributed by atoms with Gasteiger partial charge in [-0.15, -0.1) is 0 Å². The fraction of sp³-hybridized carbons (Fsp3) is 0.538. The molecule has 0 unspecified atom stereocenters. The van der Waals surface area contributed by atoms with E-state index in [2.05, 4.69) is 4.72 Å². The van der Waals surface area contributed by atoms with Crippen LogP contribution < -0.4 is 9.46 Å². The molecule has 1 aromatic carbocycles. The Morgan fingerprint density at radius 2 is 2.11 bits per heavy atom. The summed E-state index contributed by atoms with van der Waals surface area (Å²) in [5, 5.41) is 0. The molecule has 1 fully saturated rings. The second-order valence-corrected chi connectivity index (χ2v) is 6.31. The molecule has 1 N–H and O–H groups in total. The quantitative estimate of drug-likeness (QED) is 0.891. The summed E-state index contributed by atoms with van der Waals surface area (Å²) in [4.78, 5) is 0.247. The molecule has 1 aromatic rings. The van der Waals surface area contributed by atoms with Crippen molar-refractivity contribution in [3.05, 3.63) is 23.8 Å². The molecule has 0 atom stereocenters. The first-order chi connectivity index (χ1) is 8.53. The van der Waals surface area contributed by atoms with Crippen molar-refractivity contribution in [1.82, 2.24) is 4.72 Å². The average Bonchev–Trinajstić information content (AvgIpc) is 2.27. The Morgan fingerprint density at radius 3 is 2.67 bits per heavy atom. The van der Waals surface area contributed by atoms with Crippen LogP contribution in [0.4, 0.5) is 0 Å². The lowest BCUT2D eigenvalue weighted by atomic mass is 9.94. The van der Waals surface area contributed by atoms with Crippen molar-refractivity contribution < 1.29 is 13.2 Å². The highest BCUT2D eigenvalue weighted by molar-refractivity contribution is 7.89. The number of hydrogen-bond acceptors (Lipinski definition) is 3. The number of sulfonamides is 1. The maximum absolute atomic E-state index is 12.3. The summed E-state index contributed by atoms with van der Waals surface area (Å²) < 4.78 is 32.7. The Labute approximate surface area is 108 Å². The molecule has 5 heteroatoms. The summed E-state index contributed by atoms with van der Waals surface area (Å²) in [6.45, 7) is 4.17. The van der Waals surface area contributed by atoms with Crippen LogP contribution in [0.15, 0.2) is 23.1 Å².